The van der Waals surface area contributed by atoms with E-state index in [2.05, 4.69) is 168 Å². The van der Waals surface area contributed by atoms with E-state index in [0.717, 1.165) is 55.5 Å². The lowest BCUT2D eigenvalue weighted by Gasteiger charge is -2.48. The van der Waals surface area contributed by atoms with Gasteiger partial charge in [-0.15, -0.1) is 0 Å². The average molecular weight is 773 g/mol. The largest absolute Gasteiger partial charge is 0.315 e. The molecule has 6 aromatic rings. The number of anilines is 2. The predicted octanol–water partition coefficient (Wildman–Crippen LogP) is 15.0. The maximum atomic E-state index is 14.4. The fraction of sp³-hybridized carbons (Fsp3) is 0.250. The van der Waals surface area contributed by atoms with Gasteiger partial charge in [0, 0.05) is 38.9 Å². The number of hydrogen-bond acceptors (Lipinski definition) is 1. The number of hydrogen-bond donors (Lipinski definition) is 0. The fourth-order valence-corrected chi connectivity index (χ4v) is 11.5. The molecule has 0 N–H and O–H groups in total. The Labute approximate surface area is 349 Å². The molecule has 4 aliphatic rings. The molecule has 0 spiro atoms. The van der Waals surface area contributed by atoms with Crippen molar-refractivity contribution in [3.8, 4) is 5.69 Å². The summed E-state index contributed by atoms with van der Waals surface area (Å²) in [6, 6.07) is 44.8. The van der Waals surface area contributed by atoms with Crippen LogP contribution in [0.25, 0.3) is 33.1 Å². The van der Waals surface area contributed by atoms with Crippen molar-refractivity contribution in [2.75, 3.05) is 11.6 Å². The van der Waals surface area contributed by atoms with E-state index < -0.39 is 6.67 Å². The van der Waals surface area contributed by atoms with Crippen molar-refractivity contribution >= 4 is 38.8 Å². The minimum Gasteiger partial charge on any atom is -0.315 e. The van der Waals surface area contributed by atoms with Crippen molar-refractivity contribution in [3.63, 3.8) is 0 Å². The maximum Gasteiger partial charge on any atom is 0.115 e. The average Bonchev–Trinajstić information content (AvgIpc) is 3.78. The van der Waals surface area contributed by atoms with Gasteiger partial charge in [0.05, 0.1) is 11.0 Å². The number of alkyl halides is 1. The van der Waals surface area contributed by atoms with Crippen LogP contribution in [0.15, 0.2) is 187 Å². The van der Waals surface area contributed by atoms with Gasteiger partial charge in [-0.2, -0.15) is 0 Å². The Hall–Kier alpha value is -5.93. The monoisotopic (exact) mass is 772 g/mol. The lowest BCUT2D eigenvalue weighted by atomic mass is 9.56. The molecule has 10 rings (SSSR count). The first kappa shape index (κ1) is 37.3. The number of aryl methyl sites for hydroxylation is 1. The highest BCUT2D eigenvalue weighted by molar-refractivity contribution is 6.10. The molecule has 4 atom stereocenters. The summed E-state index contributed by atoms with van der Waals surface area (Å²) in [5, 5.41) is 2.48. The van der Waals surface area contributed by atoms with E-state index >= 15 is 0 Å². The molecule has 0 aliphatic heterocycles. The molecule has 0 bridgehead atoms. The number of rotatable bonds is 9. The Kier molecular flexibility index (Phi) is 9.92. The van der Waals surface area contributed by atoms with E-state index in [1.807, 2.05) is 25.2 Å². The van der Waals surface area contributed by atoms with Crippen LogP contribution in [0.3, 0.4) is 0 Å². The van der Waals surface area contributed by atoms with E-state index in [-0.39, 0.29) is 5.41 Å². The van der Waals surface area contributed by atoms with Gasteiger partial charge in [-0.3, -0.25) is 0 Å². The Morgan fingerprint density at radius 2 is 1.56 bits per heavy atom. The van der Waals surface area contributed by atoms with Crippen LogP contribution in [0.2, 0.25) is 0 Å². The molecule has 4 aliphatic carbocycles. The predicted molar refractivity (Wildman–Crippen MR) is 247 cm³/mol. The van der Waals surface area contributed by atoms with Gasteiger partial charge in [-0.25, -0.2) is 4.39 Å². The number of fused-ring (bicyclic) bond motifs is 5. The first-order valence-corrected chi connectivity index (χ1v) is 21.8. The summed E-state index contributed by atoms with van der Waals surface area (Å²) in [6.45, 7) is 3.66. The van der Waals surface area contributed by atoms with Crippen LogP contribution in [0.1, 0.15) is 68.6 Å². The molecule has 1 aromatic heterocycles. The summed E-state index contributed by atoms with van der Waals surface area (Å²) < 4.78 is 16.8. The van der Waals surface area contributed by atoms with Crippen molar-refractivity contribution in [2.45, 2.75) is 64.2 Å². The fourth-order valence-electron chi connectivity index (χ4n) is 11.5. The van der Waals surface area contributed by atoms with E-state index in [1.165, 1.54) is 50.7 Å². The summed E-state index contributed by atoms with van der Waals surface area (Å²) in [7, 11) is 0. The van der Waals surface area contributed by atoms with Crippen molar-refractivity contribution in [1.82, 2.24) is 4.57 Å². The quantitative estimate of drug-likeness (QED) is 0.105. The van der Waals surface area contributed by atoms with Crippen LogP contribution >= 0.6 is 0 Å². The summed E-state index contributed by atoms with van der Waals surface area (Å²) in [5.41, 5.74) is 14.8. The minimum atomic E-state index is -0.507. The topological polar surface area (TPSA) is 8.17 Å². The third-order valence-electron chi connectivity index (χ3n) is 14.0. The highest BCUT2D eigenvalue weighted by atomic mass is 19.1. The van der Waals surface area contributed by atoms with Gasteiger partial charge in [0.25, 0.3) is 0 Å². The second kappa shape index (κ2) is 15.7. The first-order valence-electron chi connectivity index (χ1n) is 21.8. The van der Waals surface area contributed by atoms with Crippen LogP contribution in [0, 0.1) is 24.7 Å². The number of nitrogens with zero attached hydrogens (tertiary/aromatic N) is 2. The van der Waals surface area contributed by atoms with Crippen LogP contribution in [-0.4, -0.2) is 11.2 Å². The highest BCUT2D eigenvalue weighted by Crippen LogP contribution is 2.64. The zero-order valence-corrected chi connectivity index (χ0v) is 34.3. The molecule has 1 heterocycles. The smallest absolute Gasteiger partial charge is 0.115 e. The van der Waals surface area contributed by atoms with Crippen molar-refractivity contribution in [3.05, 3.63) is 203 Å². The van der Waals surface area contributed by atoms with Crippen LogP contribution in [0.5, 0.6) is 0 Å². The van der Waals surface area contributed by atoms with Crippen molar-refractivity contribution < 1.29 is 4.39 Å². The Morgan fingerprint density at radius 1 is 0.780 bits per heavy atom. The van der Waals surface area contributed by atoms with E-state index in [1.54, 1.807) is 11.1 Å². The van der Waals surface area contributed by atoms with Gasteiger partial charge in [-0.1, -0.05) is 133 Å². The highest BCUT2D eigenvalue weighted by Gasteiger charge is 2.57. The molecule has 0 saturated heterocycles. The van der Waals surface area contributed by atoms with Gasteiger partial charge in [0.2, 0.25) is 0 Å². The molecular formula is C56H53FN2. The van der Waals surface area contributed by atoms with E-state index in [0.29, 0.717) is 23.3 Å². The van der Waals surface area contributed by atoms with E-state index in [4.69, 9.17) is 0 Å². The van der Waals surface area contributed by atoms with E-state index in [9.17, 15) is 4.39 Å². The van der Waals surface area contributed by atoms with Crippen molar-refractivity contribution in [1.29, 1.82) is 0 Å². The number of benzene rings is 5. The standard InChI is InChI=1S/C56H53FN2/c1-3-4-18-41(38-57)40-28-30-44(31-29-40)58(45-33-35-55-50(36-45)49-24-13-16-27-54(49)59(55)53-26-15-11-17-39(53)2)46-32-34-48-47-23-12-14-25-51(47)56(52(48)37-46,42-19-7-5-8-20-42)43-21-9-6-10-22-43/h3-9,11,13-20,24-31,33,35-37,43,48,52H,10,12,21-23,32,34,38H2,1-2H3/b4-3-,41-18+. The Morgan fingerprint density at radius 3 is 2.36 bits per heavy atom. The number of halogens is 1. The molecule has 0 radical (unpaired) electrons. The van der Waals surface area contributed by atoms with Gasteiger partial charge in [0.15, 0.2) is 0 Å². The zero-order chi connectivity index (χ0) is 39.9. The third-order valence-corrected chi connectivity index (χ3v) is 14.0. The number of aromatic nitrogens is 1. The third kappa shape index (κ3) is 6.20. The zero-order valence-electron chi connectivity index (χ0n) is 34.3. The van der Waals surface area contributed by atoms with Gasteiger partial charge in [0.1, 0.15) is 6.67 Å². The Bertz CT molecular complexity index is 2720. The summed E-state index contributed by atoms with van der Waals surface area (Å²) in [5.74, 6) is 1.38. The lowest BCUT2D eigenvalue weighted by Crippen LogP contribution is -2.44. The molecular weight excluding hydrogens is 720 g/mol. The second-order valence-corrected chi connectivity index (χ2v) is 17.0. The van der Waals surface area contributed by atoms with Crippen LogP contribution in [-0.2, 0) is 5.41 Å². The Balaban J connectivity index is 1.18. The molecule has 2 nitrogen and oxygen atoms in total. The van der Waals surface area contributed by atoms with Crippen LogP contribution in [0.4, 0.5) is 15.8 Å². The number of allylic oxidation sites excluding steroid dienone is 12. The molecule has 0 fully saturated rings. The van der Waals surface area contributed by atoms with Crippen LogP contribution < -0.4 is 4.90 Å². The minimum absolute atomic E-state index is 0.0946. The summed E-state index contributed by atoms with van der Waals surface area (Å²) >= 11 is 0. The summed E-state index contributed by atoms with van der Waals surface area (Å²) in [6.07, 6.45) is 26.2. The molecule has 4 unspecified atom stereocenters. The lowest BCUT2D eigenvalue weighted by molar-refractivity contribution is 0.205. The first-order chi connectivity index (χ1) is 29.1. The molecule has 0 amide bonds. The number of para-hydroxylation sites is 2. The van der Waals surface area contributed by atoms with Gasteiger partial charge >= 0.3 is 0 Å². The van der Waals surface area contributed by atoms with Gasteiger partial charge < -0.3 is 9.47 Å². The molecule has 0 saturated carbocycles. The molecule has 294 valence electrons. The van der Waals surface area contributed by atoms with Gasteiger partial charge in [-0.05, 0) is 147 Å². The molecule has 5 aromatic carbocycles. The summed E-state index contributed by atoms with van der Waals surface area (Å²) in [4.78, 5) is 2.54. The normalized spacial score (nSPS) is 22.9. The van der Waals surface area contributed by atoms with Crippen molar-refractivity contribution in [2.24, 2.45) is 17.8 Å². The molecule has 3 heteroatoms. The maximum absolute atomic E-state index is 14.4. The molecule has 59 heavy (non-hydrogen) atoms. The SMILES string of the molecule is C/C=C\C=C(/CF)c1ccc(N(C2=CC3C(CC2)C2=C(C=CCC2)C3(c2ccccc2)C2CC=CCC2)c2ccc3c(c2)c2ccccc2n3-c2ccccc2C)cc1. The second-order valence-electron chi connectivity index (χ2n) is 17.0.